The van der Waals surface area contributed by atoms with Gasteiger partial charge in [0.2, 0.25) is 0 Å². The fraction of sp³-hybridized carbons (Fsp3) is 0.308. The van der Waals surface area contributed by atoms with Crippen LogP contribution in [0.25, 0.3) is 11.4 Å². The second-order valence-corrected chi connectivity index (χ2v) is 3.96. The molecule has 1 aromatic heterocycles. The number of hydrogen-bond donors (Lipinski definition) is 1. The summed E-state index contributed by atoms with van der Waals surface area (Å²) in [6.45, 7) is 2.66. The van der Waals surface area contributed by atoms with Gasteiger partial charge < -0.3 is 14.6 Å². The molecule has 0 aliphatic rings. The van der Waals surface area contributed by atoms with E-state index < -0.39 is 0 Å². The van der Waals surface area contributed by atoms with E-state index in [0.717, 1.165) is 23.0 Å². The van der Waals surface area contributed by atoms with E-state index in [0.29, 0.717) is 6.61 Å². The summed E-state index contributed by atoms with van der Waals surface area (Å²) in [6, 6.07) is 7.92. The Morgan fingerprint density at radius 2 is 1.94 bits per heavy atom. The van der Waals surface area contributed by atoms with Crippen LogP contribution in [0.4, 0.5) is 5.82 Å². The number of imidazole rings is 1. The molecule has 0 saturated heterocycles. The van der Waals surface area contributed by atoms with Crippen molar-refractivity contribution < 1.29 is 4.74 Å². The molecular weight excluding hydrogens is 214 g/mol. The number of aromatic amines is 1. The Balaban J connectivity index is 2.21. The lowest BCUT2D eigenvalue weighted by molar-refractivity contribution is 0.340. The molecule has 1 N–H and O–H groups in total. The summed E-state index contributed by atoms with van der Waals surface area (Å²) in [6.07, 6.45) is 1.89. The molecule has 0 fully saturated rings. The van der Waals surface area contributed by atoms with Crippen LogP contribution in [-0.2, 0) is 0 Å². The molecule has 4 nitrogen and oxygen atoms in total. The second-order valence-electron chi connectivity index (χ2n) is 3.96. The number of benzene rings is 1. The van der Waals surface area contributed by atoms with E-state index in [2.05, 4.69) is 9.97 Å². The maximum atomic E-state index is 5.40. The Hall–Kier alpha value is -1.97. The largest absolute Gasteiger partial charge is 0.494 e. The Kier molecular flexibility index (Phi) is 3.32. The van der Waals surface area contributed by atoms with Crippen LogP contribution in [0.5, 0.6) is 5.75 Å². The van der Waals surface area contributed by atoms with Crippen molar-refractivity contribution >= 4 is 5.82 Å². The lowest BCUT2D eigenvalue weighted by atomic mass is 10.2. The summed E-state index contributed by atoms with van der Waals surface area (Å²) in [5.74, 6) is 2.68. The minimum atomic E-state index is 0.685. The highest BCUT2D eigenvalue weighted by molar-refractivity contribution is 5.59. The average molecular weight is 231 g/mol. The minimum Gasteiger partial charge on any atom is -0.494 e. The molecule has 1 aromatic carbocycles. The van der Waals surface area contributed by atoms with Crippen molar-refractivity contribution in [3.63, 3.8) is 0 Å². The second kappa shape index (κ2) is 4.91. The van der Waals surface area contributed by atoms with Gasteiger partial charge in [-0.05, 0) is 31.2 Å². The molecule has 90 valence electrons. The minimum absolute atomic E-state index is 0.685. The lowest BCUT2D eigenvalue weighted by Gasteiger charge is -2.06. The zero-order chi connectivity index (χ0) is 12.3. The first kappa shape index (κ1) is 11.5. The van der Waals surface area contributed by atoms with Gasteiger partial charge in [-0.3, -0.25) is 0 Å². The fourth-order valence-electron chi connectivity index (χ4n) is 1.56. The molecule has 0 aliphatic carbocycles. The van der Waals surface area contributed by atoms with Crippen molar-refractivity contribution in [2.75, 3.05) is 25.6 Å². The van der Waals surface area contributed by atoms with E-state index in [-0.39, 0.29) is 0 Å². The van der Waals surface area contributed by atoms with Crippen LogP contribution in [-0.4, -0.2) is 30.7 Å². The number of H-pyrrole nitrogens is 1. The summed E-state index contributed by atoms with van der Waals surface area (Å²) >= 11 is 0. The molecule has 0 amide bonds. The average Bonchev–Trinajstić information content (AvgIpc) is 2.80. The highest BCUT2D eigenvalue weighted by Crippen LogP contribution is 2.21. The maximum Gasteiger partial charge on any atom is 0.146 e. The Morgan fingerprint density at radius 1 is 1.24 bits per heavy atom. The van der Waals surface area contributed by atoms with Crippen LogP contribution in [0.1, 0.15) is 6.92 Å². The molecule has 0 spiro atoms. The molecule has 0 atom stereocenters. The van der Waals surface area contributed by atoms with Gasteiger partial charge in [0.1, 0.15) is 17.4 Å². The zero-order valence-electron chi connectivity index (χ0n) is 10.4. The van der Waals surface area contributed by atoms with Crippen LogP contribution in [0.15, 0.2) is 30.5 Å². The summed E-state index contributed by atoms with van der Waals surface area (Å²) < 4.78 is 5.40. The molecule has 2 aromatic rings. The van der Waals surface area contributed by atoms with E-state index in [1.807, 2.05) is 56.4 Å². The number of nitrogens with one attached hydrogen (secondary N) is 1. The van der Waals surface area contributed by atoms with Crippen LogP contribution in [0.3, 0.4) is 0 Å². The molecule has 0 bridgehead atoms. The molecule has 0 unspecified atom stereocenters. The van der Waals surface area contributed by atoms with Crippen LogP contribution in [0, 0.1) is 0 Å². The van der Waals surface area contributed by atoms with Gasteiger partial charge in [-0.15, -0.1) is 0 Å². The smallest absolute Gasteiger partial charge is 0.146 e. The third-order valence-corrected chi connectivity index (χ3v) is 2.46. The number of nitrogens with zero attached hydrogens (tertiary/aromatic N) is 2. The molecular formula is C13H17N3O. The summed E-state index contributed by atoms with van der Waals surface area (Å²) in [4.78, 5) is 9.61. The number of rotatable bonds is 4. The standard InChI is InChI=1S/C13H17N3O/c1-4-17-11-7-5-10(6-8-11)13-14-9-12(15-13)16(2)3/h5-9H,4H2,1-3H3,(H,14,15). The van der Waals surface area contributed by atoms with Crippen molar-refractivity contribution in [1.82, 2.24) is 9.97 Å². The third-order valence-electron chi connectivity index (χ3n) is 2.46. The first-order chi connectivity index (χ1) is 8.20. The highest BCUT2D eigenvalue weighted by atomic mass is 16.5. The molecule has 0 radical (unpaired) electrons. The molecule has 0 aliphatic heterocycles. The van der Waals surface area contributed by atoms with Gasteiger partial charge in [0.15, 0.2) is 0 Å². The zero-order valence-corrected chi connectivity index (χ0v) is 10.4. The van der Waals surface area contributed by atoms with Crippen molar-refractivity contribution in [2.24, 2.45) is 0 Å². The van der Waals surface area contributed by atoms with Gasteiger partial charge in [0.05, 0.1) is 6.61 Å². The normalized spacial score (nSPS) is 10.3. The summed E-state index contributed by atoms with van der Waals surface area (Å²) in [5, 5.41) is 0. The van der Waals surface area contributed by atoms with Gasteiger partial charge in [-0.25, -0.2) is 4.98 Å². The summed E-state index contributed by atoms with van der Waals surface area (Å²) in [5.41, 5.74) is 1.06. The Bertz CT molecular complexity index is 474. The van der Waals surface area contributed by atoms with E-state index >= 15 is 0 Å². The number of anilines is 1. The Morgan fingerprint density at radius 3 is 2.47 bits per heavy atom. The van der Waals surface area contributed by atoms with E-state index in [9.17, 15) is 0 Å². The quantitative estimate of drug-likeness (QED) is 0.879. The molecule has 4 heteroatoms. The van der Waals surface area contributed by atoms with Gasteiger partial charge in [-0.2, -0.15) is 0 Å². The SMILES string of the molecule is CCOc1ccc(-c2nc(N(C)C)c[nH]2)cc1. The first-order valence-electron chi connectivity index (χ1n) is 5.66. The van der Waals surface area contributed by atoms with Crippen LogP contribution in [0.2, 0.25) is 0 Å². The predicted molar refractivity (Wildman–Crippen MR) is 69.5 cm³/mol. The van der Waals surface area contributed by atoms with Gasteiger partial charge >= 0.3 is 0 Å². The maximum absolute atomic E-state index is 5.40. The lowest BCUT2D eigenvalue weighted by Crippen LogP contribution is -2.08. The van der Waals surface area contributed by atoms with E-state index in [4.69, 9.17) is 4.74 Å². The molecule has 1 heterocycles. The predicted octanol–water partition coefficient (Wildman–Crippen LogP) is 2.54. The van der Waals surface area contributed by atoms with Crippen molar-refractivity contribution in [2.45, 2.75) is 6.92 Å². The Labute approximate surface area is 101 Å². The third kappa shape index (κ3) is 2.58. The monoisotopic (exact) mass is 231 g/mol. The number of hydrogen-bond acceptors (Lipinski definition) is 3. The number of ether oxygens (including phenoxy) is 1. The van der Waals surface area contributed by atoms with Gasteiger partial charge in [0, 0.05) is 25.9 Å². The molecule has 17 heavy (non-hydrogen) atoms. The van der Waals surface area contributed by atoms with Gasteiger partial charge in [0.25, 0.3) is 0 Å². The van der Waals surface area contributed by atoms with Crippen molar-refractivity contribution in [3.05, 3.63) is 30.5 Å². The topological polar surface area (TPSA) is 41.1 Å². The summed E-state index contributed by atoms with van der Waals surface area (Å²) in [7, 11) is 3.94. The van der Waals surface area contributed by atoms with Crippen LogP contribution >= 0.6 is 0 Å². The van der Waals surface area contributed by atoms with Crippen molar-refractivity contribution in [1.29, 1.82) is 0 Å². The number of aromatic nitrogens is 2. The molecule has 2 rings (SSSR count). The van der Waals surface area contributed by atoms with Crippen molar-refractivity contribution in [3.8, 4) is 17.1 Å². The highest BCUT2D eigenvalue weighted by Gasteiger charge is 2.05. The first-order valence-corrected chi connectivity index (χ1v) is 5.66. The van der Waals surface area contributed by atoms with Gasteiger partial charge in [-0.1, -0.05) is 0 Å². The van der Waals surface area contributed by atoms with E-state index in [1.165, 1.54) is 0 Å². The van der Waals surface area contributed by atoms with Crippen LogP contribution < -0.4 is 9.64 Å². The van der Waals surface area contributed by atoms with E-state index in [1.54, 1.807) is 0 Å². The fourth-order valence-corrected chi connectivity index (χ4v) is 1.56. The molecule has 0 saturated carbocycles.